The molecule has 1 heterocycles. The Balaban J connectivity index is 2.32. The number of benzene rings is 1. The third-order valence-electron chi connectivity index (χ3n) is 5.31. The molecule has 6 nitrogen and oxygen atoms in total. The maximum absolute atomic E-state index is 12.1. The van der Waals surface area contributed by atoms with Gasteiger partial charge in [-0.15, -0.1) is 0 Å². The molecule has 3 rings (SSSR count). The molecule has 2 aliphatic rings. The van der Waals surface area contributed by atoms with Crippen molar-refractivity contribution in [2.45, 2.75) is 38.1 Å². The Morgan fingerprint density at radius 3 is 2.62 bits per heavy atom. The van der Waals surface area contributed by atoms with Gasteiger partial charge >= 0.3 is 11.9 Å². The summed E-state index contributed by atoms with van der Waals surface area (Å²) >= 11 is 0. The number of fused-ring (bicyclic) bond motifs is 4. The average molecular weight is 331 g/mol. The van der Waals surface area contributed by atoms with E-state index in [1.54, 1.807) is 20.1 Å². The smallest absolute Gasteiger partial charge is 0.333 e. The number of rotatable bonds is 3. The third kappa shape index (κ3) is 2.33. The van der Waals surface area contributed by atoms with Crippen LogP contribution in [-0.4, -0.2) is 34.8 Å². The zero-order valence-corrected chi connectivity index (χ0v) is 13.9. The van der Waals surface area contributed by atoms with E-state index < -0.39 is 29.3 Å². The second kappa shape index (κ2) is 5.54. The Bertz CT molecular complexity index is 754. The van der Waals surface area contributed by atoms with Crippen molar-refractivity contribution >= 4 is 11.9 Å². The quantitative estimate of drug-likeness (QED) is 0.785. The minimum absolute atomic E-state index is 0.122. The van der Waals surface area contributed by atoms with Crippen LogP contribution in [-0.2, 0) is 16.0 Å². The normalized spacial score (nSPS) is 28.5. The third-order valence-corrected chi connectivity index (χ3v) is 5.31. The molecule has 0 amide bonds. The predicted octanol–water partition coefficient (Wildman–Crippen LogP) is 2.15. The molecular weight excluding hydrogens is 310 g/mol. The number of methoxy groups -OCH3 is 1. The Morgan fingerprint density at radius 1 is 1.33 bits per heavy atom. The van der Waals surface area contributed by atoms with Gasteiger partial charge in [-0.2, -0.15) is 0 Å². The molecule has 128 valence electrons. The Labute approximate surface area is 140 Å². The van der Waals surface area contributed by atoms with Gasteiger partial charge in [-0.3, -0.25) is 4.79 Å². The van der Waals surface area contributed by atoms with Gasteiger partial charge in [0.05, 0.1) is 18.6 Å². The van der Waals surface area contributed by atoms with E-state index in [0.29, 0.717) is 24.3 Å². The van der Waals surface area contributed by atoms with E-state index >= 15 is 0 Å². The van der Waals surface area contributed by atoms with Gasteiger partial charge in [-0.25, -0.2) is 4.79 Å². The van der Waals surface area contributed by atoms with Crippen molar-refractivity contribution in [3.63, 3.8) is 0 Å². The Morgan fingerprint density at radius 2 is 2.04 bits per heavy atom. The lowest BCUT2D eigenvalue weighted by Gasteiger charge is -2.44. The molecule has 1 aromatic carbocycles. The number of carboxylic acids is 2. The summed E-state index contributed by atoms with van der Waals surface area (Å²) in [4.78, 5) is 24.0. The van der Waals surface area contributed by atoms with Crippen LogP contribution in [0.4, 0.5) is 0 Å². The second-order valence-electron chi connectivity index (χ2n) is 6.74. The van der Waals surface area contributed by atoms with Crippen molar-refractivity contribution in [2.75, 3.05) is 7.11 Å². The molecule has 1 aliphatic carbocycles. The molecule has 2 bridgehead atoms. The van der Waals surface area contributed by atoms with Gasteiger partial charge < -0.3 is 20.3 Å². The maximum atomic E-state index is 12.1. The number of aliphatic carboxylic acids is 2. The second-order valence-corrected chi connectivity index (χ2v) is 6.74. The summed E-state index contributed by atoms with van der Waals surface area (Å²) in [5.74, 6) is -3.05. The summed E-state index contributed by atoms with van der Waals surface area (Å²) in [7, 11) is 1.54. The zero-order valence-electron chi connectivity index (χ0n) is 13.9. The minimum Gasteiger partial charge on any atom is -0.497 e. The standard InChI is InChI=1S/C18H21NO5/c1-9-13(16(20)21)14-12-8-11(24-3)5-4-10(12)6-7-18(2,19-9)15(14)17(22)23/h4-5,8,14-15,19H,6-7H2,1-3H3,(H,20,21)(H,22,23)/t14?,15-,18?/m1/s1. The minimum atomic E-state index is -1.09. The molecule has 24 heavy (non-hydrogen) atoms. The molecule has 3 atom stereocenters. The van der Waals surface area contributed by atoms with Crippen molar-refractivity contribution in [1.82, 2.24) is 5.32 Å². The monoisotopic (exact) mass is 331 g/mol. The van der Waals surface area contributed by atoms with Gasteiger partial charge in [-0.1, -0.05) is 6.07 Å². The fourth-order valence-electron chi connectivity index (χ4n) is 4.21. The first-order valence-corrected chi connectivity index (χ1v) is 7.90. The molecular formula is C18H21NO5. The van der Waals surface area contributed by atoms with Gasteiger partial charge in [0.15, 0.2) is 0 Å². The average Bonchev–Trinajstić information content (AvgIpc) is 2.59. The summed E-state index contributed by atoms with van der Waals surface area (Å²) in [5.41, 5.74) is 1.67. The molecule has 0 spiro atoms. The number of nitrogens with one attached hydrogen (secondary N) is 1. The lowest BCUT2D eigenvalue weighted by atomic mass is 9.68. The topological polar surface area (TPSA) is 95.9 Å². The highest BCUT2D eigenvalue weighted by Gasteiger charge is 2.53. The zero-order chi connectivity index (χ0) is 17.6. The van der Waals surface area contributed by atoms with E-state index in [1.807, 2.05) is 19.1 Å². The van der Waals surface area contributed by atoms with Gasteiger partial charge in [0, 0.05) is 17.2 Å². The van der Waals surface area contributed by atoms with Gasteiger partial charge in [0.1, 0.15) is 5.75 Å². The predicted molar refractivity (Wildman–Crippen MR) is 87.1 cm³/mol. The number of hydrogen-bond donors (Lipinski definition) is 3. The molecule has 0 fully saturated rings. The summed E-state index contributed by atoms with van der Waals surface area (Å²) < 4.78 is 5.28. The first kappa shape index (κ1) is 16.4. The SMILES string of the molecule is COc1ccc2c(c1)C1C(C(=O)O)=C(C)NC(C)(CC2)[C@H]1C(=O)O. The maximum Gasteiger partial charge on any atom is 0.333 e. The molecule has 0 radical (unpaired) electrons. The fourth-order valence-corrected chi connectivity index (χ4v) is 4.21. The molecule has 1 aromatic rings. The van der Waals surface area contributed by atoms with E-state index in [-0.39, 0.29) is 5.57 Å². The van der Waals surface area contributed by atoms with Crippen LogP contribution in [0.1, 0.15) is 37.3 Å². The largest absolute Gasteiger partial charge is 0.497 e. The van der Waals surface area contributed by atoms with Crippen LogP contribution in [0, 0.1) is 5.92 Å². The lowest BCUT2D eigenvalue weighted by Crippen LogP contribution is -2.56. The van der Waals surface area contributed by atoms with Crippen LogP contribution < -0.4 is 10.1 Å². The van der Waals surface area contributed by atoms with Crippen LogP contribution in [0.15, 0.2) is 29.5 Å². The van der Waals surface area contributed by atoms with Crippen LogP contribution in [0.3, 0.4) is 0 Å². The van der Waals surface area contributed by atoms with Crippen LogP contribution >= 0.6 is 0 Å². The van der Waals surface area contributed by atoms with Crippen molar-refractivity contribution in [3.8, 4) is 5.75 Å². The van der Waals surface area contributed by atoms with E-state index in [0.717, 1.165) is 11.1 Å². The summed E-state index contributed by atoms with van der Waals surface area (Å²) in [6.07, 6.45) is 1.30. The van der Waals surface area contributed by atoms with E-state index in [9.17, 15) is 19.8 Å². The van der Waals surface area contributed by atoms with Gasteiger partial charge in [-0.05, 0) is 49.9 Å². The summed E-state index contributed by atoms with van der Waals surface area (Å²) in [5, 5.41) is 22.8. The van der Waals surface area contributed by atoms with E-state index in [2.05, 4.69) is 5.32 Å². The Hall–Kier alpha value is -2.50. The molecule has 2 unspecified atom stereocenters. The molecule has 0 aromatic heterocycles. The summed E-state index contributed by atoms with van der Waals surface area (Å²) in [6.45, 7) is 3.57. The van der Waals surface area contributed by atoms with Gasteiger partial charge in [0.25, 0.3) is 0 Å². The van der Waals surface area contributed by atoms with Crippen LogP contribution in [0.25, 0.3) is 0 Å². The van der Waals surface area contributed by atoms with Crippen molar-refractivity contribution < 1.29 is 24.5 Å². The van der Waals surface area contributed by atoms with Gasteiger partial charge in [0.2, 0.25) is 0 Å². The highest BCUT2D eigenvalue weighted by Crippen LogP contribution is 2.49. The molecule has 6 heteroatoms. The van der Waals surface area contributed by atoms with Crippen molar-refractivity contribution in [2.24, 2.45) is 5.92 Å². The number of hydrogen-bond acceptors (Lipinski definition) is 4. The van der Waals surface area contributed by atoms with Crippen LogP contribution in [0.5, 0.6) is 5.75 Å². The highest BCUT2D eigenvalue weighted by atomic mass is 16.5. The number of carboxylic acid groups (broad SMARTS) is 2. The van der Waals surface area contributed by atoms with Crippen LogP contribution in [0.2, 0.25) is 0 Å². The number of carbonyl (C=O) groups is 2. The van der Waals surface area contributed by atoms with E-state index in [1.165, 1.54) is 0 Å². The number of aryl methyl sites for hydroxylation is 1. The summed E-state index contributed by atoms with van der Waals surface area (Å²) in [6, 6.07) is 5.52. The number of ether oxygens (including phenoxy) is 1. The fraction of sp³-hybridized carbons (Fsp3) is 0.444. The number of allylic oxidation sites excluding steroid dienone is 1. The van der Waals surface area contributed by atoms with E-state index in [4.69, 9.17) is 4.74 Å². The molecule has 3 N–H and O–H groups in total. The van der Waals surface area contributed by atoms with Crippen molar-refractivity contribution in [3.05, 3.63) is 40.6 Å². The first-order chi connectivity index (χ1) is 11.3. The molecule has 0 saturated carbocycles. The first-order valence-electron chi connectivity index (χ1n) is 7.90. The highest BCUT2D eigenvalue weighted by molar-refractivity contribution is 5.92. The lowest BCUT2D eigenvalue weighted by molar-refractivity contribution is -0.146. The Kier molecular flexibility index (Phi) is 3.78. The molecule has 1 aliphatic heterocycles. The molecule has 0 saturated heterocycles. The van der Waals surface area contributed by atoms with Crippen molar-refractivity contribution in [1.29, 1.82) is 0 Å².